The van der Waals surface area contributed by atoms with Crippen LogP contribution in [-0.4, -0.2) is 139 Å². The molecule has 2 aliphatic rings. The summed E-state index contributed by atoms with van der Waals surface area (Å²) in [4.78, 5) is 90.8. The third-order valence-corrected chi connectivity index (χ3v) is 10.5. The number of hydrogen-bond acceptors (Lipinski definition) is 19. The topological polar surface area (TPSA) is 244 Å². The van der Waals surface area contributed by atoms with Crippen LogP contribution in [0.15, 0.2) is 60.7 Å². The van der Waals surface area contributed by atoms with Crippen molar-refractivity contribution in [2.75, 3.05) is 26.1 Å². The zero-order chi connectivity index (χ0) is 45.6. The molecule has 0 radical (unpaired) electrons. The molecule has 1 amide bonds. The van der Waals surface area contributed by atoms with Gasteiger partial charge in [0.25, 0.3) is 5.79 Å². The summed E-state index contributed by atoms with van der Waals surface area (Å²) >= 11 is 1.19. The Labute approximate surface area is 362 Å². The van der Waals surface area contributed by atoms with Crippen molar-refractivity contribution in [1.82, 2.24) is 5.32 Å². The van der Waals surface area contributed by atoms with Gasteiger partial charge < -0.3 is 57.8 Å². The molecule has 2 heterocycles. The molecule has 2 fully saturated rings. The predicted octanol–water partition coefficient (Wildman–Crippen LogP) is 2.17. The van der Waals surface area contributed by atoms with Crippen LogP contribution in [0.5, 0.6) is 0 Å². The molecule has 62 heavy (non-hydrogen) atoms. The minimum absolute atomic E-state index is 0.122. The number of methoxy groups -OCH3 is 1. The Hall–Kier alpha value is -5.12. The Morgan fingerprint density at radius 1 is 0.855 bits per heavy atom. The van der Waals surface area contributed by atoms with E-state index in [4.69, 9.17) is 47.4 Å². The lowest BCUT2D eigenvalue weighted by molar-refractivity contribution is -0.350. The lowest BCUT2D eigenvalue weighted by Crippen LogP contribution is -2.71. The number of aliphatic hydroxyl groups is 1. The van der Waals surface area contributed by atoms with E-state index in [1.54, 1.807) is 18.2 Å². The van der Waals surface area contributed by atoms with Crippen LogP contribution in [0.1, 0.15) is 63.9 Å². The van der Waals surface area contributed by atoms with Crippen LogP contribution in [0.4, 0.5) is 0 Å². The van der Waals surface area contributed by atoms with Gasteiger partial charge in [-0.1, -0.05) is 55.5 Å². The van der Waals surface area contributed by atoms with E-state index >= 15 is 0 Å². The molecule has 2 saturated heterocycles. The minimum atomic E-state index is -2.77. The molecule has 11 atom stereocenters. The number of carbonyl (C=O) groups excluding carboxylic acids is 7. The van der Waals surface area contributed by atoms with Gasteiger partial charge in [0.2, 0.25) is 5.91 Å². The summed E-state index contributed by atoms with van der Waals surface area (Å²) < 4.78 is 58.6. The third kappa shape index (κ3) is 13.7. The van der Waals surface area contributed by atoms with Crippen LogP contribution in [0, 0.1) is 0 Å². The lowest BCUT2D eigenvalue weighted by Gasteiger charge is -2.51. The quantitative estimate of drug-likeness (QED) is 0.152. The van der Waals surface area contributed by atoms with Crippen molar-refractivity contribution in [3.05, 3.63) is 71.8 Å². The Balaban J connectivity index is 1.91. The zero-order valence-corrected chi connectivity index (χ0v) is 36.2. The average Bonchev–Trinajstić information content (AvgIpc) is 3.22. The number of hydrogen-bond donors (Lipinski definition) is 2. The molecular weight excluding hydrogens is 839 g/mol. The predicted molar refractivity (Wildman–Crippen MR) is 215 cm³/mol. The fourth-order valence-electron chi connectivity index (χ4n) is 6.96. The summed E-state index contributed by atoms with van der Waals surface area (Å²) in [6.45, 7) is 6.26. The van der Waals surface area contributed by atoms with E-state index in [1.807, 2.05) is 37.3 Å². The number of ether oxygens (including phenoxy) is 10. The molecule has 0 spiro atoms. The number of nitrogens with one attached hydrogen (secondary N) is 1. The lowest BCUT2D eigenvalue weighted by atomic mass is 9.87. The van der Waals surface area contributed by atoms with Crippen molar-refractivity contribution in [3.8, 4) is 0 Å². The zero-order valence-electron chi connectivity index (χ0n) is 35.4. The largest absolute Gasteiger partial charge is 0.465 e. The monoisotopic (exact) mass is 891 g/mol. The van der Waals surface area contributed by atoms with Gasteiger partial charge in [0.1, 0.15) is 42.6 Å². The van der Waals surface area contributed by atoms with E-state index in [1.165, 1.54) is 23.9 Å². The van der Waals surface area contributed by atoms with Gasteiger partial charge in [-0.25, -0.2) is 9.59 Å². The van der Waals surface area contributed by atoms with Gasteiger partial charge in [0, 0.05) is 34.6 Å². The Bertz CT molecular complexity index is 1850. The van der Waals surface area contributed by atoms with Crippen molar-refractivity contribution in [2.45, 2.75) is 121 Å². The molecule has 0 unspecified atom stereocenters. The molecule has 0 aliphatic carbocycles. The van der Waals surface area contributed by atoms with Crippen molar-refractivity contribution >= 4 is 53.5 Å². The standard InChI is InChI=1S/C42H53NO18S/c1-8-62-40-38(59-39(50)29-17-13-10-14-18-29)37(34(49)31(58-40)21-53-20-28-15-11-9-12-16-28)61-42(41(51)52-7)19-30(55-25(4)46)33(43-23(2)44)36(60-42)35(57-27(6)48)32(56-26(5)47)22-54-24(3)45/h9-18,30-38,40,49H,8,19-22H2,1-7H3,(H,43,44)/t30-,31+,32+,33+,34-,35+,36+,37-,38+,40-,42-/m0/s1. The molecule has 19 nitrogen and oxygen atoms in total. The number of rotatable bonds is 19. The Kier molecular flexibility index (Phi) is 18.7. The first-order valence-electron chi connectivity index (χ1n) is 19.7. The molecule has 0 saturated carbocycles. The molecule has 2 aromatic carbocycles. The highest BCUT2D eigenvalue weighted by Crippen LogP contribution is 2.42. The average molecular weight is 892 g/mol. The van der Waals surface area contributed by atoms with Crippen molar-refractivity contribution < 1.29 is 86.0 Å². The summed E-state index contributed by atoms with van der Waals surface area (Å²) in [5.41, 5.74) is -0.116. The number of esters is 6. The number of benzene rings is 2. The first-order chi connectivity index (χ1) is 29.5. The maximum atomic E-state index is 14.3. The molecule has 20 heteroatoms. The third-order valence-electron chi connectivity index (χ3n) is 9.42. The maximum absolute atomic E-state index is 14.3. The van der Waals surface area contributed by atoms with Gasteiger partial charge >= 0.3 is 35.8 Å². The van der Waals surface area contributed by atoms with E-state index < -0.39 is 121 Å². The van der Waals surface area contributed by atoms with Crippen molar-refractivity contribution in [3.63, 3.8) is 0 Å². The first kappa shape index (κ1) is 49.5. The van der Waals surface area contributed by atoms with Gasteiger partial charge in [0.15, 0.2) is 18.3 Å². The number of carbonyl (C=O) groups is 7. The summed E-state index contributed by atoms with van der Waals surface area (Å²) in [6, 6.07) is 15.6. The van der Waals surface area contributed by atoms with E-state index in [-0.39, 0.29) is 18.8 Å². The minimum Gasteiger partial charge on any atom is -0.465 e. The SMILES string of the molecule is CCS[C@@H]1O[C@H](COCc2ccccc2)[C@H](O)[C@H](O[C@]2(C(=O)OC)C[C@H](OC(C)=O)[C@@H](NC(C)=O)[C@H]([C@H](OC(C)=O)[C@@H](COC(C)=O)OC(C)=O)O2)[C@H]1OC(=O)c1ccccc1. The number of thioether (sulfide) groups is 1. The van der Waals surface area contributed by atoms with Gasteiger partial charge in [-0.15, -0.1) is 11.8 Å². The van der Waals surface area contributed by atoms with E-state index in [0.717, 1.165) is 47.3 Å². The molecule has 2 N–H and O–H groups in total. The molecule has 4 rings (SSSR count). The Morgan fingerprint density at radius 2 is 1.50 bits per heavy atom. The molecule has 0 aromatic heterocycles. The Morgan fingerprint density at radius 3 is 2.06 bits per heavy atom. The fraction of sp³-hybridized carbons (Fsp3) is 0.548. The van der Waals surface area contributed by atoms with Crippen LogP contribution < -0.4 is 5.32 Å². The normalized spacial score (nSPS) is 26.7. The van der Waals surface area contributed by atoms with E-state index in [0.29, 0.717) is 5.75 Å². The van der Waals surface area contributed by atoms with Crippen LogP contribution >= 0.6 is 11.8 Å². The second kappa shape index (κ2) is 23.4. The molecule has 2 aliphatic heterocycles. The highest BCUT2D eigenvalue weighted by molar-refractivity contribution is 7.99. The highest BCUT2D eigenvalue weighted by Gasteiger charge is 2.62. The number of amides is 1. The van der Waals surface area contributed by atoms with Crippen molar-refractivity contribution in [1.29, 1.82) is 0 Å². The maximum Gasteiger partial charge on any atom is 0.366 e. The van der Waals surface area contributed by atoms with Crippen LogP contribution in [-0.2, 0) is 82.7 Å². The highest BCUT2D eigenvalue weighted by atomic mass is 32.2. The van der Waals surface area contributed by atoms with Gasteiger partial charge in [-0.2, -0.15) is 0 Å². The van der Waals surface area contributed by atoms with Crippen LogP contribution in [0.3, 0.4) is 0 Å². The first-order valence-corrected chi connectivity index (χ1v) is 20.7. The smallest absolute Gasteiger partial charge is 0.366 e. The van der Waals surface area contributed by atoms with Gasteiger partial charge in [-0.3, -0.25) is 24.0 Å². The number of aliphatic hydroxyl groups excluding tert-OH is 1. The van der Waals surface area contributed by atoms with Crippen LogP contribution in [0.25, 0.3) is 0 Å². The second-order valence-electron chi connectivity index (χ2n) is 14.2. The molecule has 340 valence electrons. The van der Waals surface area contributed by atoms with Gasteiger partial charge in [-0.05, 0) is 23.4 Å². The molecular formula is C42H53NO18S. The summed E-state index contributed by atoms with van der Waals surface area (Å²) in [5.74, 6) is -8.82. The molecule has 2 aromatic rings. The van der Waals surface area contributed by atoms with Crippen LogP contribution in [0.2, 0.25) is 0 Å². The summed E-state index contributed by atoms with van der Waals surface area (Å²) in [6.07, 6.45) is -13.8. The van der Waals surface area contributed by atoms with Gasteiger partial charge in [0.05, 0.1) is 38.3 Å². The molecule has 0 bridgehead atoms. The fourth-order valence-corrected chi connectivity index (χ4v) is 7.91. The summed E-state index contributed by atoms with van der Waals surface area (Å²) in [7, 11) is 0.988. The van der Waals surface area contributed by atoms with E-state index in [2.05, 4.69) is 5.32 Å². The summed E-state index contributed by atoms with van der Waals surface area (Å²) in [5, 5.41) is 14.8. The van der Waals surface area contributed by atoms with Crippen molar-refractivity contribution in [2.24, 2.45) is 0 Å². The second-order valence-corrected chi connectivity index (χ2v) is 15.6. The van der Waals surface area contributed by atoms with E-state index in [9.17, 15) is 38.7 Å².